The number of sulfonamides is 1. The summed E-state index contributed by atoms with van der Waals surface area (Å²) in [5, 5.41) is 0. The van der Waals surface area contributed by atoms with Crippen LogP contribution in [0.15, 0.2) is 0 Å². The Labute approximate surface area is 60.8 Å². The molecule has 0 rings (SSSR count). The summed E-state index contributed by atoms with van der Waals surface area (Å²) in [6.07, 6.45) is 0.447. The van der Waals surface area contributed by atoms with Crippen molar-refractivity contribution < 1.29 is 12.9 Å². The third kappa shape index (κ3) is 2.62. The highest BCUT2D eigenvalue weighted by Crippen LogP contribution is 1.98. The van der Waals surface area contributed by atoms with Crippen molar-refractivity contribution in [3.63, 3.8) is 0 Å². The minimum atomic E-state index is -3.59. The summed E-state index contributed by atoms with van der Waals surface area (Å²) in [5.74, 6) is -0.114. The van der Waals surface area contributed by atoms with E-state index in [-0.39, 0.29) is 16.8 Å². The van der Waals surface area contributed by atoms with Crippen molar-refractivity contribution in [2.75, 3.05) is 12.3 Å². The van der Waals surface area contributed by atoms with Gasteiger partial charge in [-0.05, 0) is 13.3 Å². The van der Waals surface area contributed by atoms with Crippen LogP contribution >= 0.6 is 0 Å². The maximum Gasteiger partial charge on any atom is 0.381 e. The predicted molar refractivity (Wildman–Crippen MR) is 37.9 cm³/mol. The number of halogens is 1. The Balaban J connectivity index is 4.12. The zero-order chi connectivity index (χ0) is 8.20. The van der Waals surface area contributed by atoms with Crippen LogP contribution in [0.4, 0.5) is 4.48 Å². The highest BCUT2D eigenvalue weighted by atomic mass is 32.2. The number of hydrogen-bond acceptors (Lipinski definition) is 2. The molecule has 0 N–H and O–H groups in total. The largest absolute Gasteiger partial charge is 0.381 e. The second kappa shape index (κ2) is 3.88. The van der Waals surface area contributed by atoms with Gasteiger partial charge in [-0.15, -0.1) is 0 Å². The van der Waals surface area contributed by atoms with Crippen molar-refractivity contribution in [1.29, 1.82) is 0 Å². The molecule has 1 radical (unpaired) electrons. The van der Waals surface area contributed by atoms with Crippen LogP contribution in [0, 0.1) is 0 Å². The average Bonchev–Trinajstić information content (AvgIpc) is 1.86. The van der Waals surface area contributed by atoms with E-state index in [2.05, 4.69) is 0 Å². The number of hydrogen-bond donors (Lipinski definition) is 0. The summed E-state index contributed by atoms with van der Waals surface area (Å²) in [5.41, 5.74) is 0. The molecule has 0 heterocycles. The smallest absolute Gasteiger partial charge is 0.165 e. The Bertz CT molecular complexity index is 178. The van der Waals surface area contributed by atoms with E-state index >= 15 is 0 Å². The highest BCUT2D eigenvalue weighted by Gasteiger charge is 2.31. The first-order valence-corrected chi connectivity index (χ1v) is 4.81. The Morgan fingerprint density at radius 2 is 1.90 bits per heavy atom. The van der Waals surface area contributed by atoms with Crippen molar-refractivity contribution >= 4 is 10.0 Å². The van der Waals surface area contributed by atoms with Gasteiger partial charge in [-0.25, -0.2) is 0 Å². The molecule has 5 heteroatoms. The van der Waals surface area contributed by atoms with E-state index in [0.717, 1.165) is 0 Å². The fourth-order valence-corrected chi connectivity index (χ4v) is 1.66. The fourth-order valence-electron chi connectivity index (χ4n) is 0.554. The molecule has 61 valence electrons. The van der Waals surface area contributed by atoms with Crippen molar-refractivity contribution in [1.82, 2.24) is 4.53 Å². The van der Waals surface area contributed by atoms with E-state index in [0.29, 0.717) is 6.42 Å². The van der Waals surface area contributed by atoms with Gasteiger partial charge in [0.05, 0.1) is 4.48 Å². The van der Waals surface area contributed by atoms with Crippen LogP contribution in [0.2, 0.25) is 0 Å². The Kier molecular flexibility index (Phi) is 3.81. The Morgan fingerprint density at radius 3 is 2.20 bits per heavy atom. The zero-order valence-electron chi connectivity index (χ0n) is 6.17. The summed E-state index contributed by atoms with van der Waals surface area (Å²) < 4.78 is 33.6. The molecule has 0 saturated heterocycles. The first kappa shape index (κ1) is 9.84. The molecular formula is C5H12FNO2S+. The van der Waals surface area contributed by atoms with E-state index in [4.69, 9.17) is 0 Å². The Hall–Kier alpha value is -0.160. The monoisotopic (exact) mass is 169 g/mol. The minimum Gasteiger partial charge on any atom is -0.165 e. The van der Waals surface area contributed by atoms with E-state index in [1.165, 1.54) is 6.92 Å². The van der Waals surface area contributed by atoms with Gasteiger partial charge in [0.25, 0.3) is 0 Å². The van der Waals surface area contributed by atoms with Crippen LogP contribution < -0.4 is 4.53 Å². The molecule has 0 spiro atoms. The molecule has 0 atom stereocenters. The lowest BCUT2D eigenvalue weighted by molar-refractivity contribution is 0.258. The molecule has 0 saturated carbocycles. The Morgan fingerprint density at radius 1 is 1.40 bits per heavy atom. The second-order valence-corrected chi connectivity index (χ2v) is 3.89. The van der Waals surface area contributed by atoms with E-state index in [1.54, 1.807) is 6.92 Å². The standard InChI is InChI=1S/C5H12FNO2S/c1-3-5-10(8,9)7(6)4-2/h3-5H2,1-2H3/q+1. The minimum absolute atomic E-state index is 0.109. The average molecular weight is 169 g/mol. The molecule has 0 aromatic heterocycles. The van der Waals surface area contributed by atoms with Gasteiger partial charge in [-0.3, -0.25) is 0 Å². The van der Waals surface area contributed by atoms with Crippen molar-refractivity contribution in [2.45, 2.75) is 20.3 Å². The number of rotatable bonds is 4. The maximum absolute atomic E-state index is 12.3. The second-order valence-electron chi connectivity index (χ2n) is 1.92. The lowest BCUT2D eigenvalue weighted by Crippen LogP contribution is -2.30. The van der Waals surface area contributed by atoms with Gasteiger partial charge in [-0.2, -0.15) is 8.42 Å². The summed E-state index contributed by atoms with van der Waals surface area (Å²) in [7, 11) is -3.59. The van der Waals surface area contributed by atoms with Crippen LogP contribution in [-0.2, 0) is 10.0 Å². The molecule has 0 amide bonds. The molecule has 0 aliphatic carbocycles. The van der Waals surface area contributed by atoms with Crippen LogP contribution in [-0.4, -0.2) is 20.7 Å². The molecule has 0 bridgehead atoms. The molecule has 0 aliphatic rings. The number of nitrogens with zero attached hydrogens (tertiary/aromatic N) is 1. The fraction of sp³-hybridized carbons (Fsp3) is 1.00. The van der Waals surface area contributed by atoms with Gasteiger partial charge in [0.2, 0.25) is 0 Å². The van der Waals surface area contributed by atoms with E-state index in [1.807, 2.05) is 0 Å². The van der Waals surface area contributed by atoms with Gasteiger partial charge in [0.1, 0.15) is 5.75 Å². The first-order chi connectivity index (χ1) is 4.54. The van der Waals surface area contributed by atoms with Crippen LogP contribution in [0.3, 0.4) is 0 Å². The molecule has 0 aliphatic heterocycles. The SMILES string of the molecule is CCCS(=O)(=O)[N+](F)CC. The van der Waals surface area contributed by atoms with Gasteiger partial charge in [-0.1, -0.05) is 6.92 Å². The molecule has 10 heavy (non-hydrogen) atoms. The third-order valence-corrected chi connectivity index (χ3v) is 2.80. The molecular weight excluding hydrogens is 157 g/mol. The van der Waals surface area contributed by atoms with Crippen molar-refractivity contribution in [2.24, 2.45) is 0 Å². The predicted octanol–water partition coefficient (Wildman–Crippen LogP) is 0.771. The van der Waals surface area contributed by atoms with Gasteiger partial charge < -0.3 is 0 Å². The molecule has 0 aromatic carbocycles. The summed E-state index contributed by atoms with van der Waals surface area (Å²) in [6.45, 7) is 3.04. The zero-order valence-corrected chi connectivity index (χ0v) is 6.99. The van der Waals surface area contributed by atoms with Gasteiger partial charge >= 0.3 is 10.0 Å². The lowest BCUT2D eigenvalue weighted by Gasteiger charge is -1.94. The normalized spacial score (nSPS) is 12.4. The van der Waals surface area contributed by atoms with Gasteiger partial charge in [0.15, 0.2) is 11.1 Å². The van der Waals surface area contributed by atoms with Crippen LogP contribution in [0.1, 0.15) is 20.3 Å². The summed E-state index contributed by atoms with van der Waals surface area (Å²) in [6, 6.07) is 0. The third-order valence-electron chi connectivity index (χ3n) is 1.01. The molecule has 0 aromatic rings. The summed E-state index contributed by atoms with van der Waals surface area (Å²) in [4.78, 5) is 0. The first-order valence-electron chi connectivity index (χ1n) is 3.20. The molecule has 0 unspecified atom stereocenters. The molecule has 0 fully saturated rings. The van der Waals surface area contributed by atoms with E-state index < -0.39 is 10.0 Å². The van der Waals surface area contributed by atoms with E-state index in [9.17, 15) is 12.9 Å². The quantitative estimate of drug-likeness (QED) is 0.583. The van der Waals surface area contributed by atoms with Gasteiger partial charge in [0, 0.05) is 0 Å². The van der Waals surface area contributed by atoms with Crippen LogP contribution in [0.5, 0.6) is 0 Å². The maximum atomic E-state index is 12.3. The lowest BCUT2D eigenvalue weighted by atomic mass is 10.6. The van der Waals surface area contributed by atoms with Crippen molar-refractivity contribution in [3.05, 3.63) is 0 Å². The topological polar surface area (TPSA) is 40.0 Å². The molecule has 3 nitrogen and oxygen atoms in total. The van der Waals surface area contributed by atoms with Crippen LogP contribution in [0.25, 0.3) is 0 Å². The van der Waals surface area contributed by atoms with Crippen molar-refractivity contribution in [3.8, 4) is 0 Å². The summed E-state index contributed by atoms with van der Waals surface area (Å²) >= 11 is 0. The highest BCUT2D eigenvalue weighted by molar-refractivity contribution is 7.89.